The molecule has 0 aliphatic heterocycles. The van der Waals surface area contributed by atoms with Crippen molar-refractivity contribution in [2.45, 2.75) is 6.54 Å². The number of fused-ring (bicyclic) bond motifs is 1. The molecule has 2 N–H and O–H groups in total. The van der Waals surface area contributed by atoms with Gasteiger partial charge in [0.05, 0.1) is 11.9 Å². The molecule has 1 heterocycles. The van der Waals surface area contributed by atoms with Crippen molar-refractivity contribution in [2.24, 2.45) is 0 Å². The summed E-state index contributed by atoms with van der Waals surface area (Å²) < 4.78 is 1.98. The molecule has 1 aromatic heterocycles. The van der Waals surface area contributed by atoms with E-state index in [9.17, 15) is 9.59 Å². The van der Waals surface area contributed by atoms with E-state index in [0.717, 1.165) is 21.6 Å². The van der Waals surface area contributed by atoms with E-state index in [1.54, 1.807) is 30.3 Å². The molecule has 0 atom stereocenters. The van der Waals surface area contributed by atoms with Crippen molar-refractivity contribution in [1.29, 1.82) is 0 Å². The van der Waals surface area contributed by atoms with Gasteiger partial charge in [0, 0.05) is 10.4 Å². The lowest BCUT2D eigenvalue weighted by atomic mass is 10.2. The zero-order valence-corrected chi connectivity index (χ0v) is 11.4. The number of nitrogens with zero attached hydrogens (tertiary/aromatic N) is 1. The Bertz CT molecular complexity index is 879. The van der Waals surface area contributed by atoms with Crippen molar-refractivity contribution >= 4 is 27.1 Å². The fourth-order valence-corrected chi connectivity index (χ4v) is 2.91. The number of anilines is 1. The third kappa shape index (κ3) is 2.23. The van der Waals surface area contributed by atoms with Crippen LogP contribution in [0.2, 0.25) is 0 Å². The summed E-state index contributed by atoms with van der Waals surface area (Å²) in [5.74, 6) is 0. The van der Waals surface area contributed by atoms with E-state index in [4.69, 9.17) is 5.73 Å². The highest BCUT2D eigenvalue weighted by Crippen LogP contribution is 2.12. The fraction of sp³-hybridized carbons (Fsp3) is 0.0667. The Hall–Kier alpha value is -2.40. The van der Waals surface area contributed by atoms with Crippen LogP contribution in [0, 0.1) is 0 Å². The molecule has 100 valence electrons. The van der Waals surface area contributed by atoms with E-state index in [-0.39, 0.29) is 17.0 Å². The Morgan fingerprint density at radius 1 is 1.00 bits per heavy atom. The van der Waals surface area contributed by atoms with Gasteiger partial charge in [0.2, 0.25) is 0 Å². The zero-order valence-electron chi connectivity index (χ0n) is 10.6. The van der Waals surface area contributed by atoms with Gasteiger partial charge in [0.1, 0.15) is 0 Å². The topological polar surface area (TPSA) is 65.1 Å². The number of hydrogen-bond donors (Lipinski definition) is 1. The first-order chi connectivity index (χ1) is 9.65. The average Bonchev–Trinajstić information content (AvgIpc) is 2.45. The van der Waals surface area contributed by atoms with E-state index < -0.39 is 0 Å². The van der Waals surface area contributed by atoms with Crippen LogP contribution in [-0.4, -0.2) is 4.57 Å². The van der Waals surface area contributed by atoms with Crippen molar-refractivity contribution < 1.29 is 0 Å². The Morgan fingerprint density at radius 2 is 1.70 bits per heavy atom. The molecule has 0 aliphatic rings. The molecule has 3 aromatic rings. The molecule has 5 heteroatoms. The number of benzene rings is 2. The van der Waals surface area contributed by atoms with Crippen molar-refractivity contribution in [3.05, 3.63) is 74.1 Å². The first-order valence-electron chi connectivity index (χ1n) is 6.12. The number of nitrogens with two attached hydrogens (primary N) is 1. The van der Waals surface area contributed by atoms with Crippen molar-refractivity contribution in [1.82, 2.24) is 4.57 Å². The lowest BCUT2D eigenvalue weighted by molar-refractivity contribution is 0.753. The third-order valence-corrected chi connectivity index (χ3v) is 4.07. The van der Waals surface area contributed by atoms with Gasteiger partial charge >= 0.3 is 4.87 Å². The molecule has 3 rings (SSSR count). The van der Waals surface area contributed by atoms with E-state index >= 15 is 0 Å². The first-order valence-corrected chi connectivity index (χ1v) is 6.94. The standard InChI is InChI=1S/C15H12N2O2S/c16-11-7-5-10(6-8-11)9-17-14(18)12-3-1-2-4-13(12)20-15(17)19/h1-8H,9,16H2. The van der Waals surface area contributed by atoms with Gasteiger partial charge in [-0.2, -0.15) is 0 Å². The third-order valence-electron chi connectivity index (χ3n) is 3.10. The summed E-state index contributed by atoms with van der Waals surface area (Å²) in [6, 6.07) is 14.3. The maximum atomic E-state index is 12.4. The van der Waals surface area contributed by atoms with Crippen LogP contribution in [0.1, 0.15) is 5.56 Å². The number of rotatable bonds is 2. The molecule has 4 nitrogen and oxygen atoms in total. The highest BCUT2D eigenvalue weighted by atomic mass is 32.1. The van der Waals surface area contributed by atoms with Gasteiger partial charge in [-0.3, -0.25) is 14.2 Å². The summed E-state index contributed by atoms with van der Waals surface area (Å²) in [4.78, 5) is 24.2. The largest absolute Gasteiger partial charge is 0.399 e. The van der Waals surface area contributed by atoms with Crippen molar-refractivity contribution in [3.8, 4) is 0 Å². The van der Waals surface area contributed by atoms with Gasteiger partial charge in [-0.1, -0.05) is 35.6 Å². The van der Waals surface area contributed by atoms with Gasteiger partial charge in [0.25, 0.3) is 5.56 Å². The van der Waals surface area contributed by atoms with E-state index in [1.165, 1.54) is 4.57 Å². The minimum Gasteiger partial charge on any atom is -0.399 e. The molecule has 0 unspecified atom stereocenters. The monoisotopic (exact) mass is 284 g/mol. The average molecular weight is 284 g/mol. The molecule has 0 aliphatic carbocycles. The minimum absolute atomic E-state index is 0.245. The fourth-order valence-electron chi connectivity index (χ4n) is 2.05. The predicted molar refractivity (Wildman–Crippen MR) is 82.3 cm³/mol. The van der Waals surface area contributed by atoms with E-state index in [1.807, 2.05) is 18.2 Å². The van der Waals surface area contributed by atoms with Crippen LogP contribution in [-0.2, 0) is 6.54 Å². The molecule has 0 saturated heterocycles. The Balaban J connectivity index is 2.14. The van der Waals surface area contributed by atoms with Gasteiger partial charge < -0.3 is 5.73 Å². The lowest BCUT2D eigenvalue weighted by Gasteiger charge is -2.06. The van der Waals surface area contributed by atoms with Gasteiger partial charge in [0.15, 0.2) is 0 Å². The summed E-state index contributed by atoms with van der Waals surface area (Å²) in [6.45, 7) is 0.263. The highest BCUT2D eigenvalue weighted by Gasteiger charge is 2.08. The molecule has 0 spiro atoms. The SMILES string of the molecule is Nc1ccc(Cn2c(=O)sc3ccccc3c2=O)cc1. The quantitative estimate of drug-likeness (QED) is 0.732. The molecule has 2 aromatic carbocycles. The van der Waals surface area contributed by atoms with Crippen LogP contribution >= 0.6 is 11.3 Å². The summed E-state index contributed by atoms with van der Waals surface area (Å²) >= 11 is 1.09. The Morgan fingerprint density at radius 3 is 2.45 bits per heavy atom. The summed E-state index contributed by atoms with van der Waals surface area (Å²) in [5.41, 5.74) is 6.91. The van der Waals surface area contributed by atoms with E-state index in [2.05, 4.69) is 0 Å². The smallest absolute Gasteiger partial charge is 0.310 e. The molecule has 20 heavy (non-hydrogen) atoms. The summed E-state index contributed by atoms with van der Waals surface area (Å²) in [7, 11) is 0. The summed E-state index contributed by atoms with van der Waals surface area (Å²) in [5, 5.41) is 0.576. The lowest BCUT2D eigenvalue weighted by Crippen LogP contribution is -2.31. The second-order valence-electron chi connectivity index (χ2n) is 4.50. The number of nitrogen functional groups attached to an aromatic ring is 1. The predicted octanol–water partition coefficient (Wildman–Crippen LogP) is 2.05. The van der Waals surface area contributed by atoms with Gasteiger partial charge in [-0.15, -0.1) is 0 Å². The van der Waals surface area contributed by atoms with Crippen LogP contribution in [0.4, 0.5) is 5.69 Å². The molecular weight excluding hydrogens is 272 g/mol. The molecule has 0 bridgehead atoms. The zero-order chi connectivity index (χ0) is 14.1. The van der Waals surface area contributed by atoms with Crippen LogP contribution in [0.25, 0.3) is 10.1 Å². The maximum absolute atomic E-state index is 12.4. The molecule has 0 radical (unpaired) electrons. The molecule has 0 amide bonds. The molecule has 0 fully saturated rings. The molecular formula is C15H12N2O2S. The maximum Gasteiger partial charge on any atom is 0.310 e. The van der Waals surface area contributed by atoms with Crippen LogP contribution in [0.3, 0.4) is 0 Å². The Labute approximate surface area is 118 Å². The second kappa shape index (κ2) is 4.94. The Kier molecular flexibility index (Phi) is 3.12. The number of aromatic nitrogens is 1. The minimum atomic E-state index is -0.249. The van der Waals surface area contributed by atoms with Crippen LogP contribution in [0.5, 0.6) is 0 Å². The number of hydrogen-bond acceptors (Lipinski definition) is 4. The van der Waals surface area contributed by atoms with Gasteiger partial charge in [-0.05, 0) is 29.8 Å². The molecule has 0 saturated carbocycles. The van der Waals surface area contributed by atoms with Gasteiger partial charge in [-0.25, -0.2) is 0 Å². The van der Waals surface area contributed by atoms with Crippen LogP contribution in [0.15, 0.2) is 58.1 Å². The van der Waals surface area contributed by atoms with Crippen LogP contribution < -0.4 is 16.2 Å². The summed E-state index contributed by atoms with van der Waals surface area (Å²) in [6.07, 6.45) is 0. The normalized spacial score (nSPS) is 10.8. The van der Waals surface area contributed by atoms with Crippen molar-refractivity contribution in [2.75, 3.05) is 5.73 Å². The second-order valence-corrected chi connectivity index (χ2v) is 5.49. The van der Waals surface area contributed by atoms with E-state index in [0.29, 0.717) is 11.1 Å². The highest BCUT2D eigenvalue weighted by molar-refractivity contribution is 7.16. The van der Waals surface area contributed by atoms with Crippen molar-refractivity contribution in [3.63, 3.8) is 0 Å². The first kappa shape index (κ1) is 12.6.